The van der Waals surface area contributed by atoms with Gasteiger partial charge in [0, 0.05) is 38.4 Å². The van der Waals surface area contributed by atoms with Gasteiger partial charge in [-0.1, -0.05) is 0 Å². The second-order valence-corrected chi connectivity index (χ2v) is 7.15. The van der Waals surface area contributed by atoms with Gasteiger partial charge in [-0.25, -0.2) is 17.7 Å². The quantitative estimate of drug-likeness (QED) is 0.921. The van der Waals surface area contributed by atoms with Gasteiger partial charge in [0.2, 0.25) is 10.0 Å². The fourth-order valence-corrected chi connectivity index (χ4v) is 3.60. The Labute approximate surface area is 118 Å². The molecule has 0 radical (unpaired) electrons. The first-order valence-electron chi connectivity index (χ1n) is 6.59. The van der Waals surface area contributed by atoms with E-state index in [1.807, 2.05) is 36.0 Å². The Hall–Kier alpha value is -1.60. The lowest BCUT2D eigenvalue weighted by Gasteiger charge is -2.14. The van der Waals surface area contributed by atoms with Crippen LogP contribution in [0.4, 0.5) is 5.82 Å². The third kappa shape index (κ3) is 2.27. The summed E-state index contributed by atoms with van der Waals surface area (Å²) in [5.74, 6) is 0.980. The van der Waals surface area contributed by atoms with E-state index in [1.165, 1.54) is 10.6 Å². The first kappa shape index (κ1) is 13.4. The van der Waals surface area contributed by atoms with Crippen LogP contribution >= 0.6 is 0 Å². The zero-order valence-corrected chi connectivity index (χ0v) is 12.4. The van der Waals surface area contributed by atoms with Crippen LogP contribution in [0.1, 0.15) is 18.0 Å². The molecule has 1 aliphatic heterocycles. The monoisotopic (exact) mass is 294 g/mol. The predicted molar refractivity (Wildman–Crippen MR) is 78.5 cm³/mol. The summed E-state index contributed by atoms with van der Waals surface area (Å²) < 4.78 is 26.7. The highest BCUT2D eigenvalue weighted by Gasteiger charge is 2.30. The molecule has 1 saturated heterocycles. The minimum atomic E-state index is -3.11. The number of fused-ring (bicyclic) bond motifs is 1. The van der Waals surface area contributed by atoms with Crippen molar-refractivity contribution in [2.24, 2.45) is 0 Å². The number of hydrogen-bond donors (Lipinski definition) is 1. The van der Waals surface area contributed by atoms with Crippen LogP contribution in [0.2, 0.25) is 0 Å². The first-order valence-corrected chi connectivity index (χ1v) is 8.44. The van der Waals surface area contributed by atoms with E-state index in [2.05, 4.69) is 10.3 Å². The zero-order chi connectivity index (χ0) is 14.3. The molecule has 0 bridgehead atoms. The van der Waals surface area contributed by atoms with Crippen molar-refractivity contribution < 1.29 is 8.42 Å². The van der Waals surface area contributed by atoms with Crippen LogP contribution in [-0.4, -0.2) is 48.5 Å². The van der Waals surface area contributed by atoms with Crippen molar-refractivity contribution >= 4 is 21.4 Å². The molecule has 108 valence electrons. The van der Waals surface area contributed by atoms with Crippen molar-refractivity contribution in [3.63, 3.8) is 0 Å². The van der Waals surface area contributed by atoms with Gasteiger partial charge in [-0.05, 0) is 18.6 Å². The van der Waals surface area contributed by atoms with E-state index in [4.69, 9.17) is 0 Å². The van der Waals surface area contributed by atoms with Crippen LogP contribution in [0, 0.1) is 0 Å². The molecule has 6 nitrogen and oxygen atoms in total. The second kappa shape index (κ2) is 4.75. The largest absolute Gasteiger partial charge is 0.371 e. The molecule has 7 heteroatoms. The summed E-state index contributed by atoms with van der Waals surface area (Å²) in [5.41, 5.74) is 1.96. The van der Waals surface area contributed by atoms with Gasteiger partial charge in [-0.15, -0.1) is 0 Å². The second-order valence-electron chi connectivity index (χ2n) is 5.17. The Kier molecular flexibility index (Phi) is 3.18. The number of rotatable bonds is 3. The molecule has 0 unspecified atom stereocenters. The lowest BCUT2D eigenvalue weighted by atomic mass is 10.1. The summed E-state index contributed by atoms with van der Waals surface area (Å²) >= 11 is 0. The Morgan fingerprint density at radius 3 is 2.90 bits per heavy atom. The molecule has 0 saturated carbocycles. The number of anilines is 1. The van der Waals surface area contributed by atoms with Gasteiger partial charge in [0.25, 0.3) is 0 Å². The first-order chi connectivity index (χ1) is 9.49. The summed E-state index contributed by atoms with van der Waals surface area (Å²) in [7, 11) is -1.26. The molecule has 0 aliphatic carbocycles. The molecule has 1 N–H and O–H groups in total. The van der Waals surface area contributed by atoms with Gasteiger partial charge in [0.05, 0.1) is 17.5 Å². The molecule has 1 atom stereocenters. The summed E-state index contributed by atoms with van der Waals surface area (Å²) in [6, 6.07) is 3.97. The Morgan fingerprint density at radius 2 is 2.25 bits per heavy atom. The van der Waals surface area contributed by atoms with Crippen molar-refractivity contribution in [3.05, 3.63) is 30.2 Å². The smallest absolute Gasteiger partial charge is 0.211 e. The Balaban J connectivity index is 1.95. The van der Waals surface area contributed by atoms with Crippen LogP contribution in [0.3, 0.4) is 0 Å². The molecule has 0 spiro atoms. The number of aromatic nitrogens is 2. The molecule has 2 aromatic rings. The summed E-state index contributed by atoms with van der Waals surface area (Å²) in [4.78, 5) is 4.64. The van der Waals surface area contributed by atoms with Crippen LogP contribution in [0.15, 0.2) is 24.5 Å². The van der Waals surface area contributed by atoms with Crippen molar-refractivity contribution in [1.82, 2.24) is 13.7 Å². The zero-order valence-electron chi connectivity index (χ0n) is 11.6. The van der Waals surface area contributed by atoms with Crippen molar-refractivity contribution in [1.29, 1.82) is 0 Å². The lowest BCUT2D eigenvalue weighted by Crippen LogP contribution is -2.27. The number of sulfonamides is 1. The highest BCUT2D eigenvalue weighted by atomic mass is 32.2. The summed E-state index contributed by atoms with van der Waals surface area (Å²) in [6.45, 7) is 1.09. The van der Waals surface area contributed by atoms with Crippen LogP contribution in [0.5, 0.6) is 0 Å². The normalized spacial score (nSPS) is 20.6. The fraction of sp³-hybridized carbons (Fsp3) is 0.462. The van der Waals surface area contributed by atoms with Crippen LogP contribution < -0.4 is 5.32 Å². The van der Waals surface area contributed by atoms with E-state index in [1.54, 1.807) is 0 Å². The highest BCUT2D eigenvalue weighted by molar-refractivity contribution is 7.88. The van der Waals surface area contributed by atoms with Crippen molar-refractivity contribution in [2.75, 3.05) is 31.7 Å². The third-order valence-corrected chi connectivity index (χ3v) is 5.08. The van der Waals surface area contributed by atoms with E-state index in [-0.39, 0.29) is 5.92 Å². The average molecular weight is 294 g/mol. The van der Waals surface area contributed by atoms with Crippen LogP contribution in [-0.2, 0) is 10.0 Å². The maximum atomic E-state index is 11.6. The standard InChI is InChI=1S/C13H18N4O2S/c1-14-13-12-4-3-6-16(12)9-11(15-13)10-5-7-17(8-10)20(2,18)19/h3-4,6,9-10H,5,7-8H2,1-2H3,(H,14,15)/t10-/m0/s1. The van der Waals surface area contributed by atoms with Gasteiger partial charge in [-0.3, -0.25) is 0 Å². The molecule has 0 amide bonds. The van der Waals surface area contributed by atoms with Gasteiger partial charge in [0.1, 0.15) is 5.82 Å². The summed E-state index contributed by atoms with van der Waals surface area (Å²) in [6.07, 6.45) is 6.05. The van der Waals surface area contributed by atoms with E-state index in [0.717, 1.165) is 23.4 Å². The fourth-order valence-electron chi connectivity index (χ4n) is 2.72. The molecule has 3 rings (SSSR count). The van der Waals surface area contributed by atoms with Crippen LogP contribution in [0.25, 0.3) is 5.52 Å². The van der Waals surface area contributed by atoms with E-state index in [9.17, 15) is 8.42 Å². The molecule has 20 heavy (non-hydrogen) atoms. The maximum Gasteiger partial charge on any atom is 0.211 e. The van der Waals surface area contributed by atoms with Gasteiger partial charge in [0.15, 0.2) is 0 Å². The third-order valence-electron chi connectivity index (χ3n) is 3.81. The molecular weight excluding hydrogens is 276 g/mol. The molecule has 0 aromatic carbocycles. The number of nitrogens with one attached hydrogen (secondary N) is 1. The van der Waals surface area contributed by atoms with E-state index >= 15 is 0 Å². The predicted octanol–water partition coefficient (Wildman–Crippen LogP) is 1.12. The Morgan fingerprint density at radius 1 is 1.45 bits per heavy atom. The molecule has 1 fully saturated rings. The van der Waals surface area contributed by atoms with E-state index in [0.29, 0.717) is 13.1 Å². The van der Waals surface area contributed by atoms with Crippen molar-refractivity contribution in [2.45, 2.75) is 12.3 Å². The minimum absolute atomic E-state index is 0.156. The summed E-state index contributed by atoms with van der Waals surface area (Å²) in [5, 5.41) is 3.10. The Bertz CT molecular complexity index is 738. The van der Waals surface area contributed by atoms with E-state index < -0.39 is 10.0 Å². The van der Waals surface area contributed by atoms with Gasteiger partial charge in [-0.2, -0.15) is 0 Å². The number of nitrogens with zero attached hydrogens (tertiary/aromatic N) is 3. The average Bonchev–Trinajstić information content (AvgIpc) is 3.05. The highest BCUT2D eigenvalue weighted by Crippen LogP contribution is 2.29. The maximum absolute atomic E-state index is 11.6. The SMILES string of the molecule is CNc1nc([C@H]2CCN(S(C)(=O)=O)C2)cn2cccc12. The van der Waals surface area contributed by atoms with Gasteiger partial charge < -0.3 is 9.72 Å². The minimum Gasteiger partial charge on any atom is -0.371 e. The molecule has 1 aliphatic rings. The van der Waals surface area contributed by atoms with Gasteiger partial charge >= 0.3 is 0 Å². The topological polar surface area (TPSA) is 66.7 Å². The molecule has 2 aromatic heterocycles. The lowest BCUT2D eigenvalue weighted by molar-refractivity contribution is 0.477. The van der Waals surface area contributed by atoms with Crippen molar-refractivity contribution in [3.8, 4) is 0 Å². The molecular formula is C13H18N4O2S. The molecule has 3 heterocycles. The number of hydrogen-bond acceptors (Lipinski definition) is 4.